The Morgan fingerprint density at radius 3 is 2.79 bits per heavy atom. The van der Waals surface area contributed by atoms with Crippen molar-refractivity contribution in [1.82, 2.24) is 9.38 Å². The maximum atomic E-state index is 11.2. The first-order chi connectivity index (χ1) is 11.7. The average Bonchev–Trinajstić information content (AvgIpc) is 3.16. The van der Waals surface area contributed by atoms with Crippen molar-refractivity contribution in [1.29, 1.82) is 0 Å². The molecule has 4 rings (SSSR count). The lowest BCUT2D eigenvalue weighted by molar-refractivity contribution is 0.0691. The molecule has 0 saturated carbocycles. The van der Waals surface area contributed by atoms with Crippen molar-refractivity contribution >= 4 is 33.0 Å². The highest BCUT2D eigenvalue weighted by atomic mass is 32.1. The van der Waals surface area contributed by atoms with Gasteiger partial charge in [0, 0.05) is 22.5 Å². The molecule has 0 atom stereocenters. The molecule has 2 aromatic heterocycles. The number of carboxylic acids is 1. The predicted octanol–water partition coefficient (Wildman–Crippen LogP) is 4.31. The van der Waals surface area contributed by atoms with E-state index in [1.165, 1.54) is 11.3 Å². The van der Waals surface area contributed by atoms with Crippen molar-refractivity contribution in [3.05, 3.63) is 53.7 Å². The number of benzene rings is 2. The number of hydrogen-bond acceptors (Lipinski definition) is 4. The summed E-state index contributed by atoms with van der Waals surface area (Å²) in [6.45, 7) is 2.57. The van der Waals surface area contributed by atoms with Crippen molar-refractivity contribution in [2.75, 3.05) is 6.61 Å². The lowest BCUT2D eigenvalue weighted by atomic mass is 10.0. The molecule has 120 valence electrons. The molecule has 4 aromatic rings. The summed E-state index contributed by atoms with van der Waals surface area (Å²) in [7, 11) is 0. The highest BCUT2D eigenvalue weighted by Crippen LogP contribution is 2.36. The lowest BCUT2D eigenvalue weighted by Crippen LogP contribution is -1.95. The first-order valence-corrected chi connectivity index (χ1v) is 8.42. The Balaban J connectivity index is 1.97. The Morgan fingerprint density at radius 2 is 2.04 bits per heavy atom. The van der Waals surface area contributed by atoms with E-state index in [0.717, 1.165) is 27.8 Å². The molecule has 6 heteroatoms. The van der Waals surface area contributed by atoms with Gasteiger partial charge in [-0.05, 0) is 24.4 Å². The molecule has 0 unspecified atom stereocenters. The molecular formula is C18H14N2O3S. The summed E-state index contributed by atoms with van der Waals surface area (Å²) in [4.78, 5) is 16.0. The monoisotopic (exact) mass is 338 g/mol. The minimum absolute atomic E-state index is 0.0540. The third-order valence-electron chi connectivity index (χ3n) is 3.89. The van der Waals surface area contributed by atoms with Crippen LogP contribution >= 0.6 is 11.3 Å². The Hall–Kier alpha value is -2.86. The van der Waals surface area contributed by atoms with Crippen molar-refractivity contribution < 1.29 is 14.6 Å². The lowest BCUT2D eigenvalue weighted by Gasteiger charge is -2.11. The molecule has 2 heterocycles. The van der Waals surface area contributed by atoms with Crippen LogP contribution in [0.3, 0.4) is 0 Å². The first-order valence-electron chi connectivity index (χ1n) is 7.54. The van der Waals surface area contributed by atoms with Crippen LogP contribution in [0.4, 0.5) is 0 Å². The zero-order valence-corrected chi connectivity index (χ0v) is 13.7. The van der Waals surface area contributed by atoms with Crippen molar-refractivity contribution in [2.45, 2.75) is 6.92 Å². The summed E-state index contributed by atoms with van der Waals surface area (Å²) in [5.74, 6) is -0.173. The van der Waals surface area contributed by atoms with Crippen molar-refractivity contribution in [3.8, 4) is 17.0 Å². The molecule has 0 fully saturated rings. The van der Waals surface area contributed by atoms with Gasteiger partial charge in [-0.25, -0.2) is 9.78 Å². The molecule has 0 radical (unpaired) electrons. The fourth-order valence-corrected chi connectivity index (χ4v) is 3.73. The number of thiazole rings is 1. The summed E-state index contributed by atoms with van der Waals surface area (Å²) in [6.07, 6.45) is 1.56. The molecule has 0 spiro atoms. The van der Waals surface area contributed by atoms with Gasteiger partial charge in [-0.15, -0.1) is 11.3 Å². The quantitative estimate of drug-likeness (QED) is 0.602. The maximum absolute atomic E-state index is 11.2. The fraction of sp³-hybridized carbons (Fsp3) is 0.111. The number of aromatic nitrogens is 2. The third kappa shape index (κ3) is 2.23. The van der Waals surface area contributed by atoms with Gasteiger partial charge in [0.1, 0.15) is 5.75 Å². The SMILES string of the molecule is CCOc1ccc(-c2csc3nc(C(=O)O)cn23)c2ccccc12. The van der Waals surface area contributed by atoms with E-state index in [1.54, 1.807) is 6.20 Å². The second-order valence-corrected chi connectivity index (χ2v) is 6.13. The van der Waals surface area contributed by atoms with Crippen molar-refractivity contribution in [2.24, 2.45) is 0 Å². The zero-order valence-electron chi connectivity index (χ0n) is 12.9. The van der Waals surface area contributed by atoms with Gasteiger partial charge in [-0.3, -0.25) is 4.40 Å². The van der Waals surface area contributed by atoms with Crippen molar-refractivity contribution in [3.63, 3.8) is 0 Å². The number of nitrogens with zero attached hydrogens (tertiary/aromatic N) is 2. The standard InChI is InChI=1S/C18H14N2O3S/c1-2-23-16-8-7-12(11-5-3-4-6-13(11)16)15-10-24-18-19-14(17(21)22)9-20(15)18/h3-10H,2H2,1H3,(H,21,22). The number of aromatic carboxylic acids is 1. The molecule has 1 N–H and O–H groups in total. The number of hydrogen-bond donors (Lipinski definition) is 1. The molecule has 5 nitrogen and oxygen atoms in total. The van der Waals surface area contributed by atoms with E-state index in [4.69, 9.17) is 9.84 Å². The first kappa shape index (κ1) is 14.7. The van der Waals surface area contributed by atoms with Crippen LogP contribution in [0.2, 0.25) is 0 Å². The number of fused-ring (bicyclic) bond motifs is 2. The molecule has 0 saturated heterocycles. The second kappa shape index (κ2) is 5.65. The zero-order chi connectivity index (χ0) is 16.7. The van der Waals surface area contributed by atoms with Crippen LogP contribution in [0.5, 0.6) is 5.75 Å². The van der Waals surface area contributed by atoms with Crippen LogP contribution in [0.25, 0.3) is 27.0 Å². The van der Waals surface area contributed by atoms with Gasteiger partial charge >= 0.3 is 5.97 Å². The summed E-state index contributed by atoms with van der Waals surface area (Å²) < 4.78 is 7.55. The number of carboxylic acid groups (broad SMARTS) is 1. The molecule has 0 aliphatic heterocycles. The van der Waals surface area contributed by atoms with Gasteiger partial charge in [0.15, 0.2) is 10.7 Å². The Morgan fingerprint density at radius 1 is 1.25 bits per heavy atom. The smallest absolute Gasteiger partial charge is 0.356 e. The second-order valence-electron chi connectivity index (χ2n) is 5.29. The van der Waals surface area contributed by atoms with E-state index >= 15 is 0 Å². The van der Waals surface area contributed by atoms with Gasteiger partial charge in [0.25, 0.3) is 0 Å². The summed E-state index contributed by atoms with van der Waals surface area (Å²) >= 11 is 1.43. The maximum Gasteiger partial charge on any atom is 0.356 e. The Kier molecular flexibility index (Phi) is 3.46. The summed E-state index contributed by atoms with van der Waals surface area (Å²) in [6, 6.07) is 12.0. The van der Waals surface area contributed by atoms with E-state index in [-0.39, 0.29) is 5.69 Å². The molecule has 2 aromatic carbocycles. The van der Waals surface area contributed by atoms with Crippen LogP contribution < -0.4 is 4.74 Å². The highest BCUT2D eigenvalue weighted by Gasteiger charge is 2.16. The molecule has 0 amide bonds. The number of ether oxygens (including phenoxy) is 1. The minimum Gasteiger partial charge on any atom is -0.493 e. The van der Waals surface area contributed by atoms with Crippen LogP contribution in [0.15, 0.2) is 48.0 Å². The Labute approximate surface area is 141 Å². The van der Waals surface area contributed by atoms with Gasteiger partial charge < -0.3 is 9.84 Å². The third-order valence-corrected chi connectivity index (χ3v) is 4.73. The summed E-state index contributed by atoms with van der Waals surface area (Å²) in [5, 5.41) is 13.2. The van der Waals surface area contributed by atoms with E-state index in [2.05, 4.69) is 4.98 Å². The van der Waals surface area contributed by atoms with Gasteiger partial charge in [0.05, 0.1) is 12.3 Å². The molecule has 24 heavy (non-hydrogen) atoms. The minimum atomic E-state index is -1.02. The fourth-order valence-electron chi connectivity index (χ4n) is 2.86. The average molecular weight is 338 g/mol. The molecular weight excluding hydrogens is 324 g/mol. The van der Waals surface area contributed by atoms with E-state index in [0.29, 0.717) is 11.6 Å². The Bertz CT molecular complexity index is 1060. The normalized spacial score (nSPS) is 11.2. The van der Waals surface area contributed by atoms with E-state index < -0.39 is 5.97 Å². The molecule has 0 bridgehead atoms. The van der Waals surface area contributed by atoms with Crippen LogP contribution in [0, 0.1) is 0 Å². The highest BCUT2D eigenvalue weighted by molar-refractivity contribution is 7.15. The van der Waals surface area contributed by atoms with Crippen LogP contribution in [-0.2, 0) is 0 Å². The number of rotatable bonds is 4. The predicted molar refractivity (Wildman–Crippen MR) is 94.1 cm³/mol. The largest absolute Gasteiger partial charge is 0.493 e. The topological polar surface area (TPSA) is 63.8 Å². The van der Waals surface area contributed by atoms with E-state index in [1.807, 2.05) is 53.1 Å². The number of imidazole rings is 1. The molecule has 0 aliphatic carbocycles. The molecule has 0 aliphatic rings. The summed E-state index contributed by atoms with van der Waals surface area (Å²) in [5.41, 5.74) is 2.00. The van der Waals surface area contributed by atoms with Gasteiger partial charge in [-0.1, -0.05) is 24.3 Å². The van der Waals surface area contributed by atoms with Gasteiger partial charge in [0.2, 0.25) is 0 Å². The van der Waals surface area contributed by atoms with Gasteiger partial charge in [-0.2, -0.15) is 0 Å². The van der Waals surface area contributed by atoms with Crippen LogP contribution in [-0.4, -0.2) is 27.1 Å². The van der Waals surface area contributed by atoms with Crippen LogP contribution in [0.1, 0.15) is 17.4 Å². The van der Waals surface area contributed by atoms with E-state index in [9.17, 15) is 4.79 Å². The number of carbonyl (C=O) groups is 1.